The Kier molecular flexibility index (Phi) is 6.09. The molecule has 7 heteroatoms. The molecule has 1 aliphatic rings. The molecule has 0 bridgehead atoms. The van der Waals surface area contributed by atoms with Gasteiger partial charge in [0.15, 0.2) is 0 Å². The minimum Gasteiger partial charge on any atom is -0.295 e. The third kappa shape index (κ3) is 3.97. The second kappa shape index (κ2) is 8.64. The Morgan fingerprint density at radius 3 is 2.65 bits per heavy atom. The van der Waals surface area contributed by atoms with Gasteiger partial charge in [-0.3, -0.25) is 14.9 Å². The Bertz CT molecular complexity index is 1290. The summed E-state index contributed by atoms with van der Waals surface area (Å²) >= 11 is 6.07. The highest BCUT2D eigenvalue weighted by molar-refractivity contribution is 6.31. The van der Waals surface area contributed by atoms with Crippen molar-refractivity contribution in [3.63, 3.8) is 0 Å². The van der Waals surface area contributed by atoms with Gasteiger partial charge in [0.05, 0.1) is 22.5 Å². The molecule has 162 valence electrons. The molecule has 1 N–H and O–H groups in total. The first kappa shape index (κ1) is 21.8. The minimum absolute atomic E-state index is 0. The largest absolute Gasteiger partial charge is 0.295 e. The number of H-pyrrole nitrogens is 1. The van der Waals surface area contributed by atoms with Gasteiger partial charge in [-0.2, -0.15) is 0 Å². The molecular formula is C24H24Cl2FN3O. The molecule has 31 heavy (non-hydrogen) atoms. The maximum atomic E-state index is 13.8. The summed E-state index contributed by atoms with van der Waals surface area (Å²) in [6.07, 6.45) is 5.90. The molecule has 4 aromatic rings. The zero-order valence-electron chi connectivity index (χ0n) is 17.1. The lowest BCUT2D eigenvalue weighted by molar-refractivity contribution is 0.233. The van der Waals surface area contributed by atoms with E-state index >= 15 is 0 Å². The number of nitrogens with zero attached hydrogens (tertiary/aromatic N) is 2. The van der Waals surface area contributed by atoms with Crippen molar-refractivity contribution >= 4 is 45.8 Å². The fourth-order valence-corrected chi connectivity index (χ4v) is 5.18. The van der Waals surface area contributed by atoms with Crippen LogP contribution in [-0.2, 0) is 0 Å². The molecule has 0 amide bonds. The highest BCUT2D eigenvalue weighted by Crippen LogP contribution is 2.41. The average molecular weight is 460 g/mol. The van der Waals surface area contributed by atoms with Crippen molar-refractivity contribution in [1.29, 1.82) is 0 Å². The van der Waals surface area contributed by atoms with Crippen LogP contribution < -0.4 is 5.56 Å². The SMILES string of the molecule is CC([C@H]1CC[C@H](c2ccnc3ccc(F)cc32)CC1)n1[nH]c2cc(Cl)ccc2c1=O.Cl. The van der Waals surface area contributed by atoms with Gasteiger partial charge in [-0.1, -0.05) is 11.6 Å². The number of hydrogen-bond donors (Lipinski definition) is 1. The molecule has 4 nitrogen and oxygen atoms in total. The lowest BCUT2D eigenvalue weighted by atomic mass is 9.75. The van der Waals surface area contributed by atoms with Crippen molar-refractivity contribution in [2.45, 2.75) is 44.6 Å². The topological polar surface area (TPSA) is 50.7 Å². The maximum absolute atomic E-state index is 13.8. The Balaban J connectivity index is 0.00000231. The summed E-state index contributed by atoms with van der Waals surface area (Å²) in [6, 6.07) is 12.2. The first-order chi connectivity index (χ1) is 14.5. The molecule has 0 radical (unpaired) electrons. The smallest absolute Gasteiger partial charge is 0.274 e. The van der Waals surface area contributed by atoms with Gasteiger partial charge >= 0.3 is 0 Å². The summed E-state index contributed by atoms with van der Waals surface area (Å²) in [4.78, 5) is 17.2. The van der Waals surface area contributed by atoms with Gasteiger partial charge in [-0.25, -0.2) is 9.07 Å². The van der Waals surface area contributed by atoms with Crippen LogP contribution in [0, 0.1) is 11.7 Å². The zero-order valence-corrected chi connectivity index (χ0v) is 18.7. The number of halogens is 3. The first-order valence-corrected chi connectivity index (χ1v) is 10.8. The summed E-state index contributed by atoms with van der Waals surface area (Å²) in [6.45, 7) is 2.11. The van der Waals surface area contributed by atoms with Crippen molar-refractivity contribution in [3.05, 3.63) is 75.4 Å². The van der Waals surface area contributed by atoms with Crippen LogP contribution in [0.4, 0.5) is 4.39 Å². The standard InChI is InChI=1S/C24H23ClFN3O.ClH/c1-14(29-24(30)20-8-6-17(25)12-23(20)28-29)15-2-4-16(5-3-15)19-10-11-27-22-9-7-18(26)13-21(19)22;/h6-16,28H,2-5H2,1H3;1H/t14?,15-,16-;. The van der Waals surface area contributed by atoms with Crippen LogP contribution in [0.15, 0.2) is 53.5 Å². The van der Waals surface area contributed by atoms with Crippen molar-refractivity contribution < 1.29 is 4.39 Å². The van der Waals surface area contributed by atoms with E-state index in [9.17, 15) is 9.18 Å². The van der Waals surface area contributed by atoms with E-state index in [1.165, 1.54) is 11.6 Å². The van der Waals surface area contributed by atoms with E-state index in [1.807, 2.05) is 12.3 Å². The number of pyridine rings is 1. The van der Waals surface area contributed by atoms with Gasteiger partial charge < -0.3 is 0 Å². The van der Waals surface area contributed by atoms with Crippen LogP contribution in [0.25, 0.3) is 21.8 Å². The van der Waals surface area contributed by atoms with Gasteiger partial charge in [0.25, 0.3) is 5.56 Å². The highest BCUT2D eigenvalue weighted by atomic mass is 35.5. The van der Waals surface area contributed by atoms with Gasteiger partial charge in [0.1, 0.15) is 5.82 Å². The van der Waals surface area contributed by atoms with Crippen LogP contribution in [-0.4, -0.2) is 14.8 Å². The number of rotatable bonds is 3. The molecule has 1 saturated carbocycles. The van der Waals surface area contributed by atoms with E-state index in [0.717, 1.165) is 42.1 Å². The Morgan fingerprint density at radius 1 is 1.10 bits per heavy atom. The number of nitrogens with one attached hydrogen (secondary N) is 1. The molecule has 1 atom stereocenters. The van der Waals surface area contributed by atoms with E-state index in [2.05, 4.69) is 17.0 Å². The number of aromatic amines is 1. The van der Waals surface area contributed by atoms with Gasteiger partial charge in [0, 0.05) is 16.6 Å². The number of hydrogen-bond acceptors (Lipinski definition) is 2. The molecule has 1 fully saturated rings. The summed E-state index contributed by atoms with van der Waals surface area (Å²) in [7, 11) is 0. The average Bonchev–Trinajstić information content (AvgIpc) is 3.08. The quantitative estimate of drug-likeness (QED) is 0.373. The van der Waals surface area contributed by atoms with Crippen molar-refractivity contribution in [1.82, 2.24) is 14.8 Å². The second-order valence-corrected chi connectivity index (χ2v) is 8.83. The van der Waals surface area contributed by atoms with Crippen LogP contribution in [0.2, 0.25) is 5.02 Å². The summed E-state index contributed by atoms with van der Waals surface area (Å²) in [5.41, 5.74) is 2.81. The molecular weight excluding hydrogens is 436 g/mol. The van der Waals surface area contributed by atoms with Gasteiger partial charge in [-0.15, -0.1) is 12.4 Å². The van der Waals surface area contributed by atoms with Gasteiger partial charge in [-0.05, 0) is 92.5 Å². The van der Waals surface area contributed by atoms with E-state index in [0.29, 0.717) is 22.2 Å². The summed E-state index contributed by atoms with van der Waals surface area (Å²) < 4.78 is 15.6. The number of aromatic nitrogens is 3. The van der Waals surface area contributed by atoms with E-state index in [-0.39, 0.29) is 29.8 Å². The number of benzene rings is 2. The molecule has 1 unspecified atom stereocenters. The molecule has 5 rings (SSSR count). The third-order valence-electron chi connectivity index (χ3n) is 6.71. The molecule has 1 aliphatic carbocycles. The van der Waals surface area contributed by atoms with Crippen molar-refractivity contribution in [2.24, 2.45) is 5.92 Å². The number of fused-ring (bicyclic) bond motifs is 2. The molecule has 0 aliphatic heterocycles. The van der Waals surface area contributed by atoms with Crippen molar-refractivity contribution in [2.75, 3.05) is 0 Å². The second-order valence-electron chi connectivity index (χ2n) is 8.39. The zero-order chi connectivity index (χ0) is 20.8. The molecule has 2 aromatic heterocycles. The third-order valence-corrected chi connectivity index (χ3v) is 6.95. The Labute approximate surface area is 190 Å². The molecule has 2 heterocycles. The van der Waals surface area contributed by atoms with Crippen LogP contribution in [0.1, 0.15) is 50.1 Å². The van der Waals surface area contributed by atoms with E-state index < -0.39 is 0 Å². The lowest BCUT2D eigenvalue weighted by Gasteiger charge is -2.33. The fourth-order valence-electron chi connectivity index (χ4n) is 5.01. The summed E-state index contributed by atoms with van der Waals surface area (Å²) in [5, 5.41) is 5.45. The molecule has 0 spiro atoms. The van der Waals surface area contributed by atoms with Crippen LogP contribution >= 0.6 is 24.0 Å². The maximum Gasteiger partial charge on any atom is 0.274 e. The Hall–Kier alpha value is -2.37. The highest BCUT2D eigenvalue weighted by Gasteiger charge is 2.29. The summed E-state index contributed by atoms with van der Waals surface area (Å²) in [5.74, 6) is 0.573. The van der Waals surface area contributed by atoms with E-state index in [1.54, 1.807) is 35.0 Å². The minimum atomic E-state index is -0.225. The normalized spacial score (nSPS) is 20.0. The fraction of sp³-hybridized carbons (Fsp3) is 0.333. The molecule has 2 aromatic carbocycles. The van der Waals surface area contributed by atoms with Crippen LogP contribution in [0.5, 0.6) is 0 Å². The first-order valence-electron chi connectivity index (χ1n) is 10.4. The molecule has 0 saturated heterocycles. The predicted molar refractivity (Wildman–Crippen MR) is 126 cm³/mol. The van der Waals surface area contributed by atoms with Gasteiger partial charge in [0.2, 0.25) is 0 Å². The van der Waals surface area contributed by atoms with Crippen LogP contribution in [0.3, 0.4) is 0 Å². The van der Waals surface area contributed by atoms with Crippen molar-refractivity contribution in [3.8, 4) is 0 Å². The predicted octanol–water partition coefficient (Wildman–Crippen LogP) is 6.63. The van der Waals surface area contributed by atoms with E-state index in [4.69, 9.17) is 11.6 Å². The Morgan fingerprint density at radius 2 is 1.87 bits per heavy atom. The monoisotopic (exact) mass is 459 g/mol. The lowest BCUT2D eigenvalue weighted by Crippen LogP contribution is -2.28.